The van der Waals surface area contributed by atoms with Gasteiger partial charge in [0.15, 0.2) is 0 Å². The summed E-state index contributed by atoms with van der Waals surface area (Å²) in [6, 6.07) is 6.51. The van der Waals surface area contributed by atoms with Crippen molar-refractivity contribution in [3.63, 3.8) is 0 Å². The number of fused-ring (bicyclic) bond motifs is 1. The number of hydrogen-bond acceptors (Lipinski definition) is 2. The van der Waals surface area contributed by atoms with Crippen molar-refractivity contribution in [3.05, 3.63) is 41.9 Å². The molecule has 1 aliphatic carbocycles. The van der Waals surface area contributed by atoms with E-state index in [-0.39, 0.29) is 6.42 Å². The number of benzene rings is 1. The highest BCUT2D eigenvalue weighted by atomic mass is 16.4. The van der Waals surface area contributed by atoms with Gasteiger partial charge in [0.1, 0.15) is 0 Å². The van der Waals surface area contributed by atoms with Crippen LogP contribution >= 0.6 is 0 Å². The summed E-state index contributed by atoms with van der Waals surface area (Å²) in [5, 5.41) is 8.67. The second-order valence-corrected chi connectivity index (χ2v) is 4.98. The van der Waals surface area contributed by atoms with Gasteiger partial charge in [0.05, 0.1) is 18.4 Å². The molecule has 0 saturated heterocycles. The summed E-state index contributed by atoms with van der Waals surface area (Å²) >= 11 is 0. The van der Waals surface area contributed by atoms with Gasteiger partial charge in [-0.25, -0.2) is 4.98 Å². The minimum Gasteiger partial charge on any atom is -0.481 e. The lowest BCUT2D eigenvalue weighted by Gasteiger charge is -2.02. The van der Waals surface area contributed by atoms with Crippen LogP contribution in [0.25, 0.3) is 11.3 Å². The van der Waals surface area contributed by atoms with Crippen molar-refractivity contribution in [2.24, 2.45) is 0 Å². The third-order valence-corrected chi connectivity index (χ3v) is 3.61. The molecule has 19 heavy (non-hydrogen) atoms. The van der Waals surface area contributed by atoms with Gasteiger partial charge in [-0.2, -0.15) is 0 Å². The zero-order valence-electron chi connectivity index (χ0n) is 10.7. The summed E-state index contributed by atoms with van der Waals surface area (Å²) in [6.07, 6.45) is 7.32. The number of rotatable bonds is 4. The van der Waals surface area contributed by atoms with E-state index in [1.807, 2.05) is 10.8 Å². The van der Waals surface area contributed by atoms with Crippen LogP contribution in [0.2, 0.25) is 0 Å². The molecule has 98 valence electrons. The van der Waals surface area contributed by atoms with Gasteiger partial charge in [-0.05, 0) is 36.5 Å². The molecular formula is C15H16N2O2. The number of aliphatic carboxylic acids is 1. The molecule has 0 saturated carbocycles. The summed E-state index contributed by atoms with van der Waals surface area (Å²) in [7, 11) is 0. The molecule has 0 amide bonds. The van der Waals surface area contributed by atoms with Crippen molar-refractivity contribution in [3.8, 4) is 11.3 Å². The molecule has 2 aromatic rings. The van der Waals surface area contributed by atoms with Crippen LogP contribution < -0.4 is 0 Å². The molecule has 3 rings (SSSR count). The summed E-state index contributed by atoms with van der Waals surface area (Å²) in [4.78, 5) is 14.9. The zero-order chi connectivity index (χ0) is 13.2. The third kappa shape index (κ3) is 2.52. The van der Waals surface area contributed by atoms with Crippen molar-refractivity contribution in [1.82, 2.24) is 9.55 Å². The molecule has 4 nitrogen and oxygen atoms in total. The highest BCUT2D eigenvalue weighted by Crippen LogP contribution is 2.27. The fourth-order valence-electron chi connectivity index (χ4n) is 2.59. The second-order valence-electron chi connectivity index (χ2n) is 4.98. The maximum Gasteiger partial charge on any atom is 0.305 e. The van der Waals surface area contributed by atoms with E-state index in [4.69, 9.17) is 5.11 Å². The van der Waals surface area contributed by atoms with Crippen LogP contribution in [0.3, 0.4) is 0 Å². The van der Waals surface area contributed by atoms with Gasteiger partial charge in [0.2, 0.25) is 0 Å². The van der Waals surface area contributed by atoms with E-state index in [0.29, 0.717) is 6.54 Å². The first-order valence-corrected chi connectivity index (χ1v) is 6.58. The third-order valence-electron chi connectivity index (χ3n) is 3.61. The van der Waals surface area contributed by atoms with Crippen molar-refractivity contribution in [2.45, 2.75) is 32.2 Å². The molecule has 0 fully saturated rings. The first-order valence-electron chi connectivity index (χ1n) is 6.58. The molecule has 4 heteroatoms. The Kier molecular flexibility index (Phi) is 3.07. The number of carboxylic acid groups (broad SMARTS) is 1. The van der Waals surface area contributed by atoms with Gasteiger partial charge >= 0.3 is 5.97 Å². The number of aromatic nitrogens is 2. The maximum atomic E-state index is 10.5. The number of imidazole rings is 1. The average molecular weight is 256 g/mol. The van der Waals surface area contributed by atoms with Crippen LogP contribution in [0, 0.1) is 0 Å². The van der Waals surface area contributed by atoms with Crippen LogP contribution in [0.4, 0.5) is 0 Å². The van der Waals surface area contributed by atoms with Crippen LogP contribution in [0.1, 0.15) is 24.0 Å². The van der Waals surface area contributed by atoms with Gasteiger partial charge in [-0.3, -0.25) is 4.79 Å². The number of carbonyl (C=O) groups is 1. The lowest BCUT2D eigenvalue weighted by molar-refractivity contribution is -0.137. The van der Waals surface area contributed by atoms with E-state index in [0.717, 1.165) is 17.7 Å². The molecule has 1 N–H and O–H groups in total. The van der Waals surface area contributed by atoms with E-state index in [9.17, 15) is 4.79 Å². The quantitative estimate of drug-likeness (QED) is 0.914. The monoisotopic (exact) mass is 256 g/mol. The topological polar surface area (TPSA) is 55.1 Å². The highest BCUT2D eigenvalue weighted by molar-refractivity contribution is 5.66. The Labute approximate surface area is 111 Å². The number of carboxylic acids is 1. The first-order chi connectivity index (χ1) is 9.22. The Balaban J connectivity index is 1.80. The van der Waals surface area contributed by atoms with Crippen LogP contribution in [-0.4, -0.2) is 20.6 Å². The molecule has 0 bridgehead atoms. The minimum atomic E-state index is -0.784. The highest BCUT2D eigenvalue weighted by Gasteiger charge is 2.12. The van der Waals surface area contributed by atoms with E-state index in [2.05, 4.69) is 23.2 Å². The summed E-state index contributed by atoms with van der Waals surface area (Å²) in [5.74, 6) is -0.784. The van der Waals surface area contributed by atoms with Gasteiger partial charge in [0, 0.05) is 18.3 Å². The predicted octanol–water partition coefficient (Wildman–Crippen LogP) is 2.51. The lowest BCUT2D eigenvalue weighted by atomic mass is 10.0. The van der Waals surface area contributed by atoms with E-state index in [1.165, 1.54) is 24.0 Å². The van der Waals surface area contributed by atoms with Crippen LogP contribution in [0.5, 0.6) is 0 Å². The first kappa shape index (κ1) is 12.0. The Morgan fingerprint density at radius 1 is 1.32 bits per heavy atom. The summed E-state index contributed by atoms with van der Waals surface area (Å²) < 4.78 is 1.83. The Bertz CT molecular complexity index is 616. The number of nitrogens with zero attached hydrogens (tertiary/aromatic N) is 2. The van der Waals surface area contributed by atoms with E-state index >= 15 is 0 Å². The van der Waals surface area contributed by atoms with Crippen LogP contribution in [-0.2, 0) is 24.2 Å². The predicted molar refractivity (Wildman–Crippen MR) is 71.9 cm³/mol. The minimum absolute atomic E-state index is 0.125. The van der Waals surface area contributed by atoms with Crippen LogP contribution in [0.15, 0.2) is 30.7 Å². The number of hydrogen-bond donors (Lipinski definition) is 1. The molecule has 1 heterocycles. The molecule has 0 spiro atoms. The molecule has 0 aliphatic heterocycles. The van der Waals surface area contributed by atoms with Gasteiger partial charge < -0.3 is 9.67 Å². The largest absolute Gasteiger partial charge is 0.481 e. The van der Waals surface area contributed by atoms with Crippen molar-refractivity contribution >= 4 is 5.97 Å². The number of aryl methyl sites for hydroxylation is 3. The van der Waals surface area contributed by atoms with Crippen molar-refractivity contribution in [2.75, 3.05) is 0 Å². The molecule has 0 atom stereocenters. The van der Waals surface area contributed by atoms with E-state index in [1.54, 1.807) is 6.33 Å². The average Bonchev–Trinajstić information content (AvgIpc) is 3.04. The van der Waals surface area contributed by atoms with Gasteiger partial charge in [-0.15, -0.1) is 0 Å². The second kappa shape index (κ2) is 4.88. The molecule has 1 aromatic carbocycles. The SMILES string of the molecule is O=C(O)CCn1cnc(-c2ccc3c(c2)CCC3)c1. The fourth-order valence-corrected chi connectivity index (χ4v) is 2.59. The smallest absolute Gasteiger partial charge is 0.305 e. The molecular weight excluding hydrogens is 240 g/mol. The Morgan fingerprint density at radius 3 is 3.00 bits per heavy atom. The zero-order valence-corrected chi connectivity index (χ0v) is 10.7. The Hall–Kier alpha value is -2.10. The molecule has 1 aromatic heterocycles. The van der Waals surface area contributed by atoms with Crippen molar-refractivity contribution in [1.29, 1.82) is 0 Å². The van der Waals surface area contributed by atoms with Gasteiger partial charge in [0.25, 0.3) is 0 Å². The van der Waals surface area contributed by atoms with Gasteiger partial charge in [-0.1, -0.05) is 12.1 Å². The molecule has 1 aliphatic rings. The standard InChI is InChI=1S/C15H16N2O2/c18-15(19)6-7-17-9-14(16-10-17)13-5-4-11-2-1-3-12(11)8-13/h4-5,8-10H,1-3,6-7H2,(H,18,19). The lowest BCUT2D eigenvalue weighted by Crippen LogP contribution is -2.02. The normalized spacial score (nSPS) is 13.5. The summed E-state index contributed by atoms with van der Waals surface area (Å²) in [5.41, 5.74) is 4.92. The van der Waals surface area contributed by atoms with Crippen molar-refractivity contribution < 1.29 is 9.90 Å². The fraction of sp³-hybridized carbons (Fsp3) is 0.333. The molecule has 0 unspecified atom stereocenters. The summed E-state index contributed by atoms with van der Waals surface area (Å²) in [6.45, 7) is 0.466. The maximum absolute atomic E-state index is 10.5. The van der Waals surface area contributed by atoms with E-state index < -0.39 is 5.97 Å². The Morgan fingerprint density at radius 2 is 2.16 bits per heavy atom. The molecule has 0 radical (unpaired) electrons.